The third kappa shape index (κ3) is 4.20. The van der Waals surface area contributed by atoms with E-state index >= 15 is 0 Å². The van der Waals surface area contributed by atoms with Crippen molar-refractivity contribution in [3.8, 4) is 5.69 Å². The number of aromatic nitrogens is 2. The predicted molar refractivity (Wildman–Crippen MR) is 90.9 cm³/mol. The van der Waals surface area contributed by atoms with Crippen molar-refractivity contribution in [3.63, 3.8) is 0 Å². The molecule has 0 radical (unpaired) electrons. The first kappa shape index (κ1) is 17.2. The monoisotopic (exact) mass is 315 g/mol. The first-order valence-corrected chi connectivity index (χ1v) is 7.80. The highest BCUT2D eigenvalue weighted by Gasteiger charge is 2.23. The lowest BCUT2D eigenvalue weighted by Gasteiger charge is -2.18. The van der Waals surface area contributed by atoms with Gasteiger partial charge < -0.3 is 10.4 Å². The zero-order valence-corrected chi connectivity index (χ0v) is 14.4. The van der Waals surface area contributed by atoms with Crippen LogP contribution in [0.15, 0.2) is 30.5 Å². The summed E-state index contributed by atoms with van der Waals surface area (Å²) in [4.78, 5) is 11.0. The summed E-state index contributed by atoms with van der Waals surface area (Å²) in [5, 5.41) is 16.8. The molecule has 5 nitrogen and oxygen atoms in total. The van der Waals surface area contributed by atoms with Crippen LogP contribution in [0.3, 0.4) is 0 Å². The average molecular weight is 315 g/mol. The number of benzene rings is 1. The number of nitrogens with one attached hydrogen (secondary N) is 1. The van der Waals surface area contributed by atoms with E-state index in [-0.39, 0.29) is 5.41 Å². The van der Waals surface area contributed by atoms with Crippen LogP contribution in [0, 0.1) is 6.92 Å². The summed E-state index contributed by atoms with van der Waals surface area (Å²) in [6, 6.07) is 7.58. The average Bonchev–Trinajstić information content (AvgIpc) is 2.89. The van der Waals surface area contributed by atoms with Gasteiger partial charge in [-0.2, -0.15) is 5.10 Å². The number of aliphatic carboxylic acids is 1. The van der Waals surface area contributed by atoms with Gasteiger partial charge in [0.25, 0.3) is 0 Å². The fourth-order valence-electron chi connectivity index (χ4n) is 2.35. The lowest BCUT2D eigenvalue weighted by atomic mass is 9.89. The van der Waals surface area contributed by atoms with E-state index in [1.165, 1.54) is 5.56 Å². The highest BCUT2D eigenvalue weighted by atomic mass is 16.4. The Balaban J connectivity index is 2.33. The smallest absolute Gasteiger partial charge is 0.320 e. The minimum atomic E-state index is -0.853. The molecule has 124 valence electrons. The van der Waals surface area contributed by atoms with Crippen LogP contribution in [0.4, 0.5) is 0 Å². The Labute approximate surface area is 137 Å². The van der Waals surface area contributed by atoms with Crippen molar-refractivity contribution in [3.05, 3.63) is 47.3 Å². The lowest BCUT2D eigenvalue weighted by Crippen LogP contribution is -2.33. The summed E-state index contributed by atoms with van der Waals surface area (Å²) in [5.41, 5.74) is 4.08. The second kappa shape index (κ2) is 6.54. The summed E-state index contributed by atoms with van der Waals surface area (Å²) >= 11 is 0. The molecule has 0 spiro atoms. The van der Waals surface area contributed by atoms with Crippen LogP contribution in [-0.4, -0.2) is 26.9 Å². The summed E-state index contributed by atoms with van der Waals surface area (Å²) in [6.07, 6.45) is 1.98. The highest BCUT2D eigenvalue weighted by Crippen LogP contribution is 2.25. The van der Waals surface area contributed by atoms with Gasteiger partial charge in [-0.05, 0) is 26.0 Å². The van der Waals surface area contributed by atoms with Crippen LogP contribution in [-0.2, 0) is 16.8 Å². The summed E-state index contributed by atoms with van der Waals surface area (Å²) in [7, 11) is 0. The normalized spacial score (nSPS) is 13.1. The zero-order chi connectivity index (χ0) is 17.2. The number of carboxylic acid groups (broad SMARTS) is 1. The molecule has 1 atom stereocenters. The minimum Gasteiger partial charge on any atom is -0.480 e. The first-order valence-electron chi connectivity index (χ1n) is 7.80. The van der Waals surface area contributed by atoms with Crippen LogP contribution < -0.4 is 5.32 Å². The summed E-state index contributed by atoms with van der Waals surface area (Å²) in [6.45, 7) is 10.5. The molecule has 2 aromatic rings. The van der Waals surface area contributed by atoms with E-state index in [2.05, 4.69) is 45.1 Å². The fourth-order valence-corrected chi connectivity index (χ4v) is 2.35. The molecule has 2 rings (SSSR count). The maximum absolute atomic E-state index is 11.0. The molecule has 23 heavy (non-hydrogen) atoms. The van der Waals surface area contributed by atoms with E-state index in [9.17, 15) is 4.79 Å². The Kier molecular flexibility index (Phi) is 4.90. The lowest BCUT2D eigenvalue weighted by molar-refractivity contribution is -0.139. The van der Waals surface area contributed by atoms with Crippen molar-refractivity contribution < 1.29 is 9.90 Å². The van der Waals surface area contributed by atoms with Crippen molar-refractivity contribution in [2.75, 3.05) is 0 Å². The van der Waals surface area contributed by atoms with Gasteiger partial charge in [-0.25, -0.2) is 4.68 Å². The Morgan fingerprint density at radius 1 is 1.30 bits per heavy atom. The van der Waals surface area contributed by atoms with Crippen molar-refractivity contribution in [1.29, 1.82) is 0 Å². The number of hydrogen-bond acceptors (Lipinski definition) is 3. The van der Waals surface area contributed by atoms with Crippen LogP contribution in [0.2, 0.25) is 0 Å². The number of nitrogens with zero attached hydrogens (tertiary/aromatic N) is 2. The Bertz CT molecular complexity index is 681. The Hall–Kier alpha value is -2.14. The van der Waals surface area contributed by atoms with Crippen LogP contribution >= 0.6 is 0 Å². The number of hydrogen-bond donors (Lipinski definition) is 2. The molecule has 5 heteroatoms. The van der Waals surface area contributed by atoms with Gasteiger partial charge in [0.15, 0.2) is 0 Å². The Morgan fingerprint density at radius 3 is 2.43 bits per heavy atom. The van der Waals surface area contributed by atoms with E-state index in [4.69, 9.17) is 10.2 Å². The zero-order valence-electron chi connectivity index (χ0n) is 14.4. The van der Waals surface area contributed by atoms with Crippen molar-refractivity contribution in [2.24, 2.45) is 0 Å². The molecule has 0 aliphatic heterocycles. The van der Waals surface area contributed by atoms with Gasteiger partial charge >= 0.3 is 5.97 Å². The first-order chi connectivity index (χ1) is 10.7. The molecule has 2 N–H and O–H groups in total. The molecule has 0 saturated heterocycles. The number of carboxylic acids is 1. The third-order valence-corrected chi connectivity index (χ3v) is 3.77. The van der Waals surface area contributed by atoms with Crippen LogP contribution in [0.5, 0.6) is 0 Å². The quantitative estimate of drug-likeness (QED) is 0.890. The molecule has 1 aromatic heterocycles. The van der Waals surface area contributed by atoms with Crippen molar-refractivity contribution in [1.82, 2.24) is 15.1 Å². The van der Waals surface area contributed by atoms with Gasteiger partial charge in [-0.1, -0.05) is 38.5 Å². The molecule has 0 saturated carbocycles. The van der Waals surface area contributed by atoms with Gasteiger partial charge in [-0.15, -0.1) is 0 Å². The van der Waals surface area contributed by atoms with Crippen LogP contribution in [0.1, 0.15) is 44.5 Å². The molecule has 0 bridgehead atoms. The molecule has 1 aromatic carbocycles. The van der Waals surface area contributed by atoms with Gasteiger partial charge in [0.05, 0.1) is 11.4 Å². The molecule has 0 amide bonds. The third-order valence-electron chi connectivity index (χ3n) is 3.77. The molecule has 0 aliphatic carbocycles. The van der Waals surface area contributed by atoms with Crippen molar-refractivity contribution >= 4 is 5.97 Å². The van der Waals surface area contributed by atoms with E-state index in [1.807, 2.05) is 23.0 Å². The minimum absolute atomic E-state index is 0.112. The van der Waals surface area contributed by atoms with Crippen molar-refractivity contribution in [2.45, 2.75) is 52.6 Å². The molecule has 1 heterocycles. The summed E-state index contributed by atoms with van der Waals surface area (Å²) in [5.74, 6) is -0.853. The van der Waals surface area contributed by atoms with Gasteiger partial charge in [0.1, 0.15) is 6.04 Å². The van der Waals surface area contributed by atoms with E-state index in [0.717, 1.165) is 16.9 Å². The van der Waals surface area contributed by atoms with Gasteiger partial charge in [0.2, 0.25) is 0 Å². The second-order valence-electron chi connectivity index (χ2n) is 6.97. The SMILES string of the molecule is Cc1ccc(-n2cc(CNC(C)C(=O)O)c(C(C)(C)C)n2)cc1. The second-order valence-corrected chi connectivity index (χ2v) is 6.97. The molecule has 0 aliphatic rings. The number of aryl methyl sites for hydroxylation is 1. The molecular weight excluding hydrogens is 290 g/mol. The largest absolute Gasteiger partial charge is 0.480 e. The number of rotatable bonds is 5. The molecule has 1 unspecified atom stereocenters. The maximum Gasteiger partial charge on any atom is 0.320 e. The highest BCUT2D eigenvalue weighted by molar-refractivity contribution is 5.72. The molecular formula is C18H25N3O2. The maximum atomic E-state index is 11.0. The van der Waals surface area contributed by atoms with E-state index in [1.54, 1.807) is 6.92 Å². The summed E-state index contributed by atoms with van der Waals surface area (Å²) < 4.78 is 1.86. The number of carbonyl (C=O) groups is 1. The fraction of sp³-hybridized carbons (Fsp3) is 0.444. The van der Waals surface area contributed by atoms with E-state index in [0.29, 0.717) is 6.54 Å². The topological polar surface area (TPSA) is 67.2 Å². The van der Waals surface area contributed by atoms with E-state index < -0.39 is 12.0 Å². The molecule has 0 fully saturated rings. The van der Waals surface area contributed by atoms with Gasteiger partial charge in [0, 0.05) is 23.7 Å². The van der Waals surface area contributed by atoms with Gasteiger partial charge in [-0.3, -0.25) is 4.79 Å². The predicted octanol–water partition coefficient (Wildman–Crippen LogP) is 3.04. The van der Waals surface area contributed by atoms with Crippen LogP contribution in [0.25, 0.3) is 5.69 Å². The standard InChI is InChI=1S/C18H25N3O2/c1-12-6-8-15(9-7-12)21-11-14(10-19-13(2)17(22)23)16(20-21)18(3,4)5/h6-9,11,13,19H,10H2,1-5H3,(H,22,23). The Morgan fingerprint density at radius 2 is 1.91 bits per heavy atom.